The van der Waals surface area contributed by atoms with Gasteiger partial charge < -0.3 is 23.7 Å². The molecule has 33 heavy (non-hydrogen) atoms. The van der Waals surface area contributed by atoms with Crippen molar-refractivity contribution in [2.45, 2.75) is 126 Å². The van der Waals surface area contributed by atoms with Crippen LogP contribution in [-0.4, -0.2) is 50.1 Å². The van der Waals surface area contributed by atoms with E-state index in [0.717, 1.165) is 19.3 Å². The minimum absolute atomic E-state index is 0.0165. The van der Waals surface area contributed by atoms with Gasteiger partial charge >= 0.3 is 5.97 Å². The fraction of sp³-hybridized carbons (Fsp3) is 0.963. The molecule has 8 unspecified atom stereocenters. The van der Waals surface area contributed by atoms with Crippen LogP contribution in [0, 0.1) is 28.1 Å². The summed E-state index contributed by atoms with van der Waals surface area (Å²) in [6.45, 7) is 24.0. The molecule has 0 saturated heterocycles. The molecule has 2 saturated carbocycles. The lowest BCUT2D eigenvalue weighted by atomic mass is 9.61. The SMILES string of the molecule is CCOC(C)OC1C2CC(OC(=O)C(C)(CC(C)(C)C)C(C)(C)C)C(C2)C1OC(C)OCC. The number of hydrogen-bond donors (Lipinski definition) is 0. The van der Waals surface area contributed by atoms with Gasteiger partial charge in [-0.05, 0) is 70.6 Å². The van der Waals surface area contributed by atoms with Crippen LogP contribution >= 0.6 is 0 Å². The van der Waals surface area contributed by atoms with Gasteiger partial charge in [-0.15, -0.1) is 0 Å². The number of hydrogen-bond acceptors (Lipinski definition) is 6. The maximum Gasteiger partial charge on any atom is 0.312 e. The number of esters is 1. The molecule has 2 bridgehead atoms. The largest absolute Gasteiger partial charge is 0.462 e. The maximum absolute atomic E-state index is 13.7. The molecular formula is C27H50O6. The van der Waals surface area contributed by atoms with E-state index < -0.39 is 5.41 Å². The lowest BCUT2D eigenvalue weighted by Crippen LogP contribution is -2.50. The number of fused-ring (bicyclic) bond motifs is 2. The molecule has 0 aliphatic heterocycles. The van der Waals surface area contributed by atoms with Crippen LogP contribution in [0.4, 0.5) is 0 Å². The molecule has 194 valence electrons. The molecule has 0 aromatic rings. The topological polar surface area (TPSA) is 63.2 Å². The summed E-state index contributed by atoms with van der Waals surface area (Å²) in [6, 6.07) is 0. The molecule has 0 aromatic heterocycles. The summed E-state index contributed by atoms with van der Waals surface area (Å²) in [5.41, 5.74) is -0.781. The van der Waals surface area contributed by atoms with E-state index in [4.69, 9.17) is 23.7 Å². The molecule has 6 nitrogen and oxygen atoms in total. The fourth-order valence-corrected chi connectivity index (χ4v) is 5.66. The highest BCUT2D eigenvalue weighted by Crippen LogP contribution is 2.52. The average molecular weight is 471 g/mol. The smallest absolute Gasteiger partial charge is 0.312 e. The van der Waals surface area contributed by atoms with E-state index in [-0.39, 0.29) is 59.5 Å². The number of carbonyl (C=O) groups excluding carboxylic acids is 1. The highest BCUT2D eigenvalue weighted by molar-refractivity contribution is 5.77. The molecule has 0 radical (unpaired) electrons. The Hall–Kier alpha value is -0.690. The quantitative estimate of drug-likeness (QED) is 0.274. The first-order valence-corrected chi connectivity index (χ1v) is 12.9. The third-order valence-electron chi connectivity index (χ3n) is 7.55. The molecular weight excluding hydrogens is 420 g/mol. The lowest BCUT2D eigenvalue weighted by Gasteiger charge is -2.45. The predicted octanol–water partition coefficient (Wildman–Crippen LogP) is 5.96. The first kappa shape index (κ1) is 28.5. The van der Waals surface area contributed by atoms with Crippen molar-refractivity contribution in [3.63, 3.8) is 0 Å². The second-order valence-corrected chi connectivity index (χ2v) is 12.4. The van der Waals surface area contributed by atoms with Gasteiger partial charge in [0.1, 0.15) is 6.10 Å². The van der Waals surface area contributed by atoms with Crippen LogP contribution in [0.25, 0.3) is 0 Å². The van der Waals surface area contributed by atoms with E-state index in [1.807, 2.05) is 27.7 Å². The van der Waals surface area contributed by atoms with Crippen molar-refractivity contribution in [3.05, 3.63) is 0 Å². The van der Waals surface area contributed by atoms with Crippen LogP contribution in [0.5, 0.6) is 0 Å². The van der Waals surface area contributed by atoms with Crippen molar-refractivity contribution in [1.82, 2.24) is 0 Å². The fourth-order valence-electron chi connectivity index (χ4n) is 5.66. The molecule has 2 aliphatic rings. The van der Waals surface area contributed by atoms with E-state index >= 15 is 0 Å². The third-order valence-corrected chi connectivity index (χ3v) is 7.55. The van der Waals surface area contributed by atoms with Crippen LogP contribution < -0.4 is 0 Å². The van der Waals surface area contributed by atoms with E-state index in [1.165, 1.54) is 0 Å². The molecule has 2 fully saturated rings. The second-order valence-electron chi connectivity index (χ2n) is 12.4. The van der Waals surface area contributed by atoms with E-state index in [2.05, 4.69) is 48.5 Å². The van der Waals surface area contributed by atoms with Gasteiger partial charge in [0.25, 0.3) is 0 Å². The Kier molecular flexibility index (Phi) is 9.45. The Balaban J connectivity index is 2.19. The minimum Gasteiger partial charge on any atom is -0.462 e. The second kappa shape index (κ2) is 10.9. The van der Waals surface area contributed by atoms with Gasteiger partial charge in [-0.2, -0.15) is 0 Å². The normalized spacial score (nSPS) is 31.3. The highest BCUT2D eigenvalue weighted by atomic mass is 16.7. The van der Waals surface area contributed by atoms with Gasteiger partial charge in [0.15, 0.2) is 12.6 Å². The molecule has 0 amide bonds. The van der Waals surface area contributed by atoms with E-state index in [0.29, 0.717) is 13.2 Å². The maximum atomic E-state index is 13.7. The molecule has 0 aromatic carbocycles. The number of rotatable bonds is 11. The zero-order chi connectivity index (χ0) is 25.2. The van der Waals surface area contributed by atoms with Crippen LogP contribution in [-0.2, 0) is 28.5 Å². The summed E-state index contributed by atoms with van der Waals surface area (Å²) >= 11 is 0. The van der Waals surface area contributed by atoms with Crippen molar-refractivity contribution in [2.24, 2.45) is 28.1 Å². The van der Waals surface area contributed by atoms with Crippen molar-refractivity contribution in [3.8, 4) is 0 Å². The highest BCUT2D eigenvalue weighted by Gasteiger charge is 2.58. The molecule has 6 heteroatoms. The lowest BCUT2D eigenvalue weighted by molar-refractivity contribution is -0.245. The molecule has 0 spiro atoms. The number of ether oxygens (including phenoxy) is 5. The van der Waals surface area contributed by atoms with Crippen molar-refractivity contribution in [1.29, 1.82) is 0 Å². The van der Waals surface area contributed by atoms with Gasteiger partial charge in [0.05, 0.1) is 17.6 Å². The first-order valence-electron chi connectivity index (χ1n) is 12.9. The van der Waals surface area contributed by atoms with Gasteiger partial charge in [-0.1, -0.05) is 41.5 Å². The standard InChI is InChI=1S/C27H50O6/c1-12-29-17(3)31-22-19-14-20(23(22)32-18(4)30-13-2)21(15-19)33-24(28)27(11,26(8,9)10)16-25(5,6)7/h17-23H,12-16H2,1-11H3. The zero-order valence-electron chi connectivity index (χ0n) is 23.0. The Morgan fingerprint density at radius 1 is 0.848 bits per heavy atom. The van der Waals surface area contributed by atoms with Crippen molar-refractivity contribution in [2.75, 3.05) is 13.2 Å². The summed E-state index contributed by atoms with van der Waals surface area (Å²) in [5, 5.41) is 0. The zero-order valence-corrected chi connectivity index (χ0v) is 23.0. The van der Waals surface area contributed by atoms with E-state index in [9.17, 15) is 4.79 Å². The van der Waals surface area contributed by atoms with Crippen LogP contribution in [0.3, 0.4) is 0 Å². The molecule has 2 rings (SSSR count). The molecule has 2 aliphatic carbocycles. The average Bonchev–Trinajstić information content (AvgIpc) is 3.18. The summed E-state index contributed by atoms with van der Waals surface area (Å²) in [7, 11) is 0. The Morgan fingerprint density at radius 2 is 1.36 bits per heavy atom. The first-order chi connectivity index (χ1) is 15.1. The van der Waals surface area contributed by atoms with Gasteiger partial charge in [-0.25, -0.2) is 0 Å². The van der Waals surface area contributed by atoms with Crippen LogP contribution in [0.15, 0.2) is 0 Å². The van der Waals surface area contributed by atoms with Gasteiger partial charge in [0.2, 0.25) is 0 Å². The van der Waals surface area contributed by atoms with E-state index in [1.54, 1.807) is 0 Å². The monoisotopic (exact) mass is 470 g/mol. The minimum atomic E-state index is -0.582. The number of carbonyl (C=O) groups is 1. The summed E-state index contributed by atoms with van der Waals surface area (Å²) < 4.78 is 30.2. The Bertz CT molecular complexity index is 636. The van der Waals surface area contributed by atoms with Gasteiger partial charge in [0, 0.05) is 19.1 Å². The van der Waals surface area contributed by atoms with Crippen LogP contribution in [0.1, 0.15) is 95.4 Å². The summed E-state index contributed by atoms with van der Waals surface area (Å²) in [6.07, 6.45) is 1.42. The molecule has 8 atom stereocenters. The van der Waals surface area contributed by atoms with Crippen LogP contribution in [0.2, 0.25) is 0 Å². The van der Waals surface area contributed by atoms with Crippen molar-refractivity contribution < 1.29 is 28.5 Å². The van der Waals surface area contributed by atoms with Crippen molar-refractivity contribution >= 4 is 5.97 Å². The van der Waals surface area contributed by atoms with Gasteiger partial charge in [-0.3, -0.25) is 4.79 Å². The Morgan fingerprint density at radius 3 is 1.82 bits per heavy atom. The molecule has 0 heterocycles. The third kappa shape index (κ3) is 6.93. The Labute approximate surface area is 202 Å². The summed E-state index contributed by atoms with van der Waals surface area (Å²) in [5.74, 6) is 0.275. The predicted molar refractivity (Wildman–Crippen MR) is 130 cm³/mol. The molecule has 0 N–H and O–H groups in total. The summed E-state index contributed by atoms with van der Waals surface area (Å²) in [4.78, 5) is 13.7.